The first-order valence-electron chi connectivity index (χ1n) is 2.93. The molecule has 0 spiro atoms. The van der Waals surface area contributed by atoms with Gasteiger partial charge in [0.05, 0.1) is 29.9 Å². The molecule has 58 valence electrons. The maximum Gasteiger partial charge on any atom is 0.153 e. The van der Waals surface area contributed by atoms with Crippen molar-refractivity contribution in [3.05, 3.63) is 4.91 Å². The van der Waals surface area contributed by atoms with Gasteiger partial charge in [-0.15, -0.1) is 4.91 Å². The van der Waals surface area contributed by atoms with Crippen LogP contribution in [0.1, 0.15) is 0 Å². The largest absolute Gasteiger partial charge is 0.259 e. The van der Waals surface area contributed by atoms with Crippen LogP contribution in [0.2, 0.25) is 0 Å². The zero-order valence-corrected chi connectivity index (χ0v) is 6.17. The van der Waals surface area contributed by atoms with Crippen molar-refractivity contribution < 1.29 is 8.42 Å². The molecule has 1 rings (SSSR count). The van der Waals surface area contributed by atoms with Crippen LogP contribution in [0.25, 0.3) is 0 Å². The van der Waals surface area contributed by atoms with Crippen molar-refractivity contribution in [1.29, 1.82) is 0 Å². The lowest BCUT2D eigenvalue weighted by Crippen LogP contribution is -2.36. The van der Waals surface area contributed by atoms with E-state index < -0.39 is 9.84 Å². The molecule has 1 saturated heterocycles. The molecule has 0 unspecified atom stereocenters. The SMILES string of the molecule is O=NN1CCS(=O)(=O)CC1. The third kappa shape index (κ3) is 1.66. The third-order valence-electron chi connectivity index (χ3n) is 1.44. The van der Waals surface area contributed by atoms with Crippen molar-refractivity contribution in [3.8, 4) is 0 Å². The first-order chi connectivity index (χ1) is 4.64. The second kappa shape index (κ2) is 2.53. The van der Waals surface area contributed by atoms with Gasteiger partial charge in [-0.2, -0.15) is 0 Å². The summed E-state index contributed by atoms with van der Waals surface area (Å²) in [6.45, 7) is 0.484. The van der Waals surface area contributed by atoms with Crippen molar-refractivity contribution >= 4 is 9.84 Å². The van der Waals surface area contributed by atoms with Crippen LogP contribution in [0.3, 0.4) is 0 Å². The lowest BCUT2D eigenvalue weighted by atomic mass is 10.6. The Hall–Kier alpha value is -0.650. The molecule has 10 heavy (non-hydrogen) atoms. The lowest BCUT2D eigenvalue weighted by molar-refractivity contribution is 0.307. The second-order valence-corrected chi connectivity index (χ2v) is 4.49. The fourth-order valence-corrected chi connectivity index (χ4v) is 1.97. The number of hydrogen-bond acceptors (Lipinski definition) is 4. The minimum Gasteiger partial charge on any atom is -0.259 e. The van der Waals surface area contributed by atoms with Crippen molar-refractivity contribution in [1.82, 2.24) is 5.01 Å². The van der Waals surface area contributed by atoms with E-state index >= 15 is 0 Å². The van der Waals surface area contributed by atoms with Gasteiger partial charge in [0.2, 0.25) is 0 Å². The fourth-order valence-electron chi connectivity index (χ4n) is 0.784. The summed E-state index contributed by atoms with van der Waals surface area (Å²) in [5, 5.41) is 3.86. The highest BCUT2D eigenvalue weighted by Gasteiger charge is 2.20. The van der Waals surface area contributed by atoms with E-state index in [0.29, 0.717) is 0 Å². The Balaban J connectivity index is 2.54. The van der Waals surface area contributed by atoms with Gasteiger partial charge < -0.3 is 0 Å². The number of hydrogen-bond donors (Lipinski definition) is 0. The Bertz CT molecular complexity index is 209. The Labute approximate surface area is 58.9 Å². The molecule has 0 radical (unpaired) electrons. The molecule has 0 aromatic heterocycles. The van der Waals surface area contributed by atoms with Crippen LogP contribution in [-0.4, -0.2) is 38.0 Å². The van der Waals surface area contributed by atoms with Crippen molar-refractivity contribution in [3.63, 3.8) is 0 Å². The quantitative estimate of drug-likeness (QED) is 0.485. The lowest BCUT2D eigenvalue weighted by Gasteiger charge is -2.19. The van der Waals surface area contributed by atoms with Gasteiger partial charge in [-0.3, -0.25) is 5.01 Å². The van der Waals surface area contributed by atoms with Gasteiger partial charge in [-0.1, -0.05) is 0 Å². The highest BCUT2D eigenvalue weighted by molar-refractivity contribution is 7.91. The van der Waals surface area contributed by atoms with Gasteiger partial charge in [0.15, 0.2) is 9.84 Å². The molecule has 0 aromatic rings. The van der Waals surface area contributed by atoms with Gasteiger partial charge in [-0.25, -0.2) is 8.42 Å². The number of nitroso groups, excluding NO2 is 1. The van der Waals surface area contributed by atoms with E-state index in [1.54, 1.807) is 0 Å². The minimum absolute atomic E-state index is 0.0543. The minimum atomic E-state index is -2.87. The maximum atomic E-state index is 10.7. The highest BCUT2D eigenvalue weighted by atomic mass is 32.2. The van der Waals surface area contributed by atoms with E-state index in [1.807, 2.05) is 0 Å². The third-order valence-corrected chi connectivity index (χ3v) is 3.05. The van der Waals surface area contributed by atoms with E-state index in [-0.39, 0.29) is 24.6 Å². The first kappa shape index (κ1) is 7.46. The summed E-state index contributed by atoms with van der Waals surface area (Å²) >= 11 is 0. The molecule has 0 saturated carbocycles. The zero-order chi connectivity index (χ0) is 7.61. The second-order valence-electron chi connectivity index (χ2n) is 2.19. The summed E-state index contributed by atoms with van der Waals surface area (Å²) in [4.78, 5) is 9.85. The molecule has 0 amide bonds. The Morgan fingerprint density at radius 2 is 1.70 bits per heavy atom. The molecule has 0 N–H and O–H groups in total. The van der Waals surface area contributed by atoms with E-state index in [2.05, 4.69) is 5.29 Å². The number of nitrogens with zero attached hydrogens (tertiary/aromatic N) is 2. The van der Waals surface area contributed by atoms with E-state index in [4.69, 9.17) is 0 Å². The van der Waals surface area contributed by atoms with E-state index in [1.165, 1.54) is 5.01 Å². The van der Waals surface area contributed by atoms with Crippen molar-refractivity contribution in [2.24, 2.45) is 5.29 Å². The first-order valence-corrected chi connectivity index (χ1v) is 4.75. The Morgan fingerprint density at radius 3 is 2.10 bits per heavy atom. The molecular weight excluding hydrogens is 156 g/mol. The Kier molecular flexibility index (Phi) is 1.89. The summed E-state index contributed by atoms with van der Waals surface area (Å²) in [7, 11) is -2.87. The van der Waals surface area contributed by atoms with E-state index in [9.17, 15) is 13.3 Å². The van der Waals surface area contributed by atoms with Crippen LogP contribution in [0, 0.1) is 4.91 Å². The van der Waals surface area contributed by atoms with Gasteiger partial charge in [0, 0.05) is 0 Å². The fraction of sp³-hybridized carbons (Fsp3) is 1.00. The molecule has 0 aromatic carbocycles. The number of rotatable bonds is 1. The standard InChI is InChI=1S/C4H8N2O3S/c7-5-6-1-3-10(8,9)4-2-6/h1-4H2. The van der Waals surface area contributed by atoms with Crippen LogP contribution in [0.5, 0.6) is 0 Å². The summed E-state index contributed by atoms with van der Waals surface area (Å²) in [6, 6.07) is 0. The maximum absolute atomic E-state index is 10.7. The van der Waals surface area contributed by atoms with Crippen molar-refractivity contribution in [2.75, 3.05) is 24.6 Å². The molecule has 1 heterocycles. The average molecular weight is 164 g/mol. The van der Waals surface area contributed by atoms with E-state index in [0.717, 1.165) is 0 Å². The highest BCUT2D eigenvalue weighted by Crippen LogP contribution is 2.02. The molecule has 0 aliphatic carbocycles. The molecule has 1 fully saturated rings. The van der Waals surface area contributed by atoms with Crippen LogP contribution >= 0.6 is 0 Å². The molecule has 6 heteroatoms. The van der Waals surface area contributed by atoms with Gasteiger partial charge in [-0.05, 0) is 0 Å². The van der Waals surface area contributed by atoms with Crippen LogP contribution in [-0.2, 0) is 9.84 Å². The topological polar surface area (TPSA) is 66.8 Å². The molecule has 5 nitrogen and oxygen atoms in total. The molecule has 1 aliphatic rings. The predicted octanol–water partition coefficient (Wildman–Crippen LogP) is -0.602. The van der Waals surface area contributed by atoms with Gasteiger partial charge >= 0.3 is 0 Å². The van der Waals surface area contributed by atoms with Crippen LogP contribution in [0.15, 0.2) is 5.29 Å². The summed E-state index contributed by atoms with van der Waals surface area (Å²) in [6.07, 6.45) is 0. The van der Waals surface area contributed by atoms with Crippen LogP contribution < -0.4 is 0 Å². The number of sulfone groups is 1. The molecular formula is C4H8N2O3S. The monoisotopic (exact) mass is 164 g/mol. The summed E-state index contributed by atoms with van der Waals surface area (Å²) in [5.41, 5.74) is 0. The zero-order valence-electron chi connectivity index (χ0n) is 5.36. The predicted molar refractivity (Wildman–Crippen MR) is 36.0 cm³/mol. The normalized spacial score (nSPS) is 24.2. The summed E-state index contributed by atoms with van der Waals surface area (Å²) in [5.74, 6) is 0.109. The van der Waals surface area contributed by atoms with Gasteiger partial charge in [0.1, 0.15) is 0 Å². The molecule has 0 atom stereocenters. The smallest absolute Gasteiger partial charge is 0.153 e. The molecule has 1 aliphatic heterocycles. The Morgan fingerprint density at radius 1 is 1.20 bits per heavy atom. The van der Waals surface area contributed by atoms with Crippen LogP contribution in [0.4, 0.5) is 0 Å². The summed E-state index contributed by atoms with van der Waals surface area (Å²) < 4.78 is 21.5. The average Bonchev–Trinajstić information content (AvgIpc) is 1.88. The van der Waals surface area contributed by atoms with Gasteiger partial charge in [0.25, 0.3) is 0 Å². The van der Waals surface area contributed by atoms with Crippen molar-refractivity contribution in [2.45, 2.75) is 0 Å². The molecule has 0 bridgehead atoms.